The van der Waals surface area contributed by atoms with Crippen LogP contribution in [-0.2, 0) is 17.7 Å². The molecule has 0 heterocycles. The molecular weight excluding hydrogens is 419 g/mol. The molecule has 0 radical (unpaired) electrons. The lowest BCUT2D eigenvalue weighted by Gasteiger charge is -2.37. The van der Waals surface area contributed by atoms with E-state index < -0.39 is 32.3 Å². The topological polar surface area (TPSA) is 44.8 Å². The van der Waals surface area contributed by atoms with Crippen LogP contribution in [0.25, 0.3) is 0 Å². The summed E-state index contributed by atoms with van der Waals surface area (Å²) in [5.41, 5.74) is 1.36. The molecule has 0 spiro atoms. The van der Waals surface area contributed by atoms with Crippen molar-refractivity contribution >= 4 is 32.3 Å². The number of hydrogen-bond acceptors (Lipinski definition) is 4. The Morgan fingerprint density at radius 3 is 1.61 bits per heavy atom. The summed E-state index contributed by atoms with van der Waals surface area (Å²) in [5.74, 6) is 0. The molecule has 4 nitrogen and oxygen atoms in total. The monoisotopic (exact) mass is 468 g/mol. The number of rotatable bonds is 17. The van der Waals surface area contributed by atoms with Crippen LogP contribution in [-0.4, -0.2) is 44.1 Å². The third kappa shape index (κ3) is 15.6. The minimum atomic E-state index is -2.84. The van der Waals surface area contributed by atoms with E-state index in [0.717, 1.165) is 12.8 Å². The summed E-state index contributed by atoms with van der Waals surface area (Å²) >= 11 is 0. The van der Waals surface area contributed by atoms with E-state index >= 15 is 0 Å². The minimum Gasteiger partial charge on any atom is -0.456 e. The molecule has 0 aliphatic carbocycles. The molecule has 0 saturated heterocycles. The molecule has 8 heteroatoms. The normalized spacial score (nSPS) is 13.9. The van der Waals surface area contributed by atoms with Crippen LogP contribution >= 0.6 is 7.60 Å². The van der Waals surface area contributed by atoms with Crippen molar-refractivity contribution in [1.82, 2.24) is 0 Å². The first-order chi connectivity index (χ1) is 12.7. The van der Waals surface area contributed by atoms with E-state index in [2.05, 4.69) is 45.8 Å². The van der Waals surface area contributed by atoms with Crippen molar-refractivity contribution in [2.45, 2.75) is 110 Å². The fourth-order valence-electron chi connectivity index (χ4n) is 4.24. The Labute approximate surface area is 179 Å². The molecule has 0 aromatic carbocycles. The SMILES string of the molecule is CCOP(=O)(CCCCCCCC[Si](C)(C)O[Si](C)(C)C[Si](C)(C)C)OCC. The van der Waals surface area contributed by atoms with Crippen LogP contribution in [0.15, 0.2) is 0 Å². The van der Waals surface area contributed by atoms with Crippen molar-refractivity contribution in [2.75, 3.05) is 19.4 Å². The molecule has 28 heavy (non-hydrogen) atoms. The largest absolute Gasteiger partial charge is 0.456 e. The van der Waals surface area contributed by atoms with Crippen LogP contribution in [0.4, 0.5) is 0 Å². The van der Waals surface area contributed by atoms with Gasteiger partial charge in [0.05, 0.1) is 19.4 Å². The molecule has 0 aromatic rings. The van der Waals surface area contributed by atoms with Gasteiger partial charge in [0, 0.05) is 8.07 Å². The zero-order valence-corrected chi connectivity index (χ0v) is 24.3. The quantitative estimate of drug-likeness (QED) is 0.124. The Kier molecular flexibility index (Phi) is 13.6. The van der Waals surface area contributed by atoms with Gasteiger partial charge >= 0.3 is 7.60 Å². The predicted octanol–water partition coefficient (Wildman–Crippen LogP) is 7.90. The Hall–Kier alpha value is 0.761. The van der Waals surface area contributed by atoms with Gasteiger partial charge in [-0.2, -0.15) is 0 Å². The third-order valence-corrected chi connectivity index (χ3v) is 20.4. The molecule has 0 saturated carbocycles. The lowest BCUT2D eigenvalue weighted by Crippen LogP contribution is -2.48. The van der Waals surface area contributed by atoms with Crippen molar-refractivity contribution in [1.29, 1.82) is 0 Å². The Balaban J connectivity index is 3.99. The first-order valence-electron chi connectivity index (χ1n) is 11.3. The lowest BCUT2D eigenvalue weighted by molar-refractivity contribution is 0.219. The second-order valence-electron chi connectivity index (χ2n) is 10.4. The fraction of sp³-hybridized carbons (Fsp3) is 1.00. The van der Waals surface area contributed by atoms with Gasteiger partial charge in [0.15, 0.2) is 16.6 Å². The maximum Gasteiger partial charge on any atom is 0.330 e. The second-order valence-corrected chi connectivity index (χ2v) is 27.5. The van der Waals surface area contributed by atoms with Gasteiger partial charge in [-0.05, 0) is 58.2 Å². The van der Waals surface area contributed by atoms with Gasteiger partial charge in [-0.3, -0.25) is 4.57 Å². The Morgan fingerprint density at radius 1 is 0.679 bits per heavy atom. The van der Waals surface area contributed by atoms with E-state index in [1.807, 2.05) is 13.8 Å². The summed E-state index contributed by atoms with van der Waals surface area (Å²) in [7, 11) is -6.96. The highest BCUT2D eigenvalue weighted by atomic mass is 31.2. The number of unbranched alkanes of at least 4 members (excludes halogenated alkanes) is 5. The molecule has 0 atom stereocenters. The average Bonchev–Trinajstić information content (AvgIpc) is 2.46. The molecule has 0 aliphatic heterocycles. The highest BCUT2D eigenvalue weighted by Crippen LogP contribution is 2.48. The summed E-state index contributed by atoms with van der Waals surface area (Å²) in [6.45, 7) is 21.7. The molecule has 0 amide bonds. The van der Waals surface area contributed by atoms with Gasteiger partial charge in [-0.15, -0.1) is 0 Å². The van der Waals surface area contributed by atoms with Crippen molar-refractivity contribution in [3.63, 3.8) is 0 Å². The van der Waals surface area contributed by atoms with E-state index in [9.17, 15) is 4.57 Å². The molecule has 0 rings (SSSR count). The summed E-state index contributed by atoms with van der Waals surface area (Å²) in [4.78, 5) is 0. The van der Waals surface area contributed by atoms with Crippen LogP contribution in [0.2, 0.25) is 57.5 Å². The Bertz CT molecular complexity index is 455. The first-order valence-corrected chi connectivity index (χ1v) is 23.0. The summed E-state index contributed by atoms with van der Waals surface area (Å²) in [6.07, 6.45) is 7.62. The van der Waals surface area contributed by atoms with E-state index in [-0.39, 0.29) is 0 Å². The van der Waals surface area contributed by atoms with Gasteiger partial charge in [0.25, 0.3) is 0 Å². The molecule has 0 aliphatic rings. The standard InChI is InChI=1S/C20H49O4PSi3/c1-10-22-25(21,23-11-2)18-16-14-12-13-15-17-19-27(6,7)24-28(8,9)20-26(3,4)5/h10-20H2,1-9H3. The zero-order chi connectivity index (χ0) is 21.9. The van der Waals surface area contributed by atoms with Crippen LogP contribution in [0, 0.1) is 0 Å². The minimum absolute atomic E-state index is 0.455. The predicted molar refractivity (Wildman–Crippen MR) is 132 cm³/mol. The van der Waals surface area contributed by atoms with E-state index in [1.54, 1.807) is 0 Å². The molecular formula is C20H49O4PSi3. The fourth-order valence-corrected chi connectivity index (χ4v) is 24.6. The maximum atomic E-state index is 12.4. The van der Waals surface area contributed by atoms with Gasteiger partial charge in [-0.25, -0.2) is 0 Å². The number of hydrogen-bond donors (Lipinski definition) is 0. The maximum absolute atomic E-state index is 12.4. The smallest absolute Gasteiger partial charge is 0.330 e. The van der Waals surface area contributed by atoms with Gasteiger partial charge < -0.3 is 13.2 Å². The molecule has 170 valence electrons. The van der Waals surface area contributed by atoms with Gasteiger partial charge in [0.2, 0.25) is 0 Å². The lowest BCUT2D eigenvalue weighted by atomic mass is 10.1. The zero-order valence-electron chi connectivity index (χ0n) is 20.4. The van der Waals surface area contributed by atoms with E-state index in [4.69, 9.17) is 13.2 Å². The first kappa shape index (κ1) is 28.8. The Morgan fingerprint density at radius 2 is 1.14 bits per heavy atom. The van der Waals surface area contributed by atoms with Crippen LogP contribution in [0.1, 0.15) is 52.4 Å². The average molecular weight is 469 g/mol. The summed E-state index contributed by atoms with van der Waals surface area (Å²) in [6, 6.07) is 1.28. The molecule has 0 aromatic heterocycles. The van der Waals surface area contributed by atoms with Crippen molar-refractivity contribution in [2.24, 2.45) is 0 Å². The highest BCUT2D eigenvalue weighted by molar-refractivity contribution is 7.53. The third-order valence-electron chi connectivity index (χ3n) is 4.62. The molecule has 0 N–H and O–H groups in total. The van der Waals surface area contributed by atoms with Crippen molar-refractivity contribution in [3.8, 4) is 0 Å². The van der Waals surface area contributed by atoms with Crippen LogP contribution in [0.3, 0.4) is 0 Å². The second kappa shape index (κ2) is 13.2. The summed E-state index contributed by atoms with van der Waals surface area (Å²) in [5, 5.41) is 0. The molecule has 0 bridgehead atoms. The van der Waals surface area contributed by atoms with E-state index in [1.165, 1.54) is 37.4 Å². The molecule has 0 fully saturated rings. The van der Waals surface area contributed by atoms with Gasteiger partial charge in [0.1, 0.15) is 0 Å². The van der Waals surface area contributed by atoms with Gasteiger partial charge in [-0.1, -0.05) is 51.7 Å². The van der Waals surface area contributed by atoms with Crippen molar-refractivity contribution in [3.05, 3.63) is 0 Å². The van der Waals surface area contributed by atoms with Crippen molar-refractivity contribution < 1.29 is 17.7 Å². The van der Waals surface area contributed by atoms with E-state index in [0.29, 0.717) is 19.4 Å². The van der Waals surface area contributed by atoms with Crippen LogP contribution in [0.5, 0.6) is 0 Å². The van der Waals surface area contributed by atoms with Crippen LogP contribution < -0.4 is 0 Å². The molecule has 0 unspecified atom stereocenters. The summed E-state index contributed by atoms with van der Waals surface area (Å²) < 4.78 is 29.9. The highest BCUT2D eigenvalue weighted by Gasteiger charge is 2.36.